The first-order chi connectivity index (χ1) is 11.1. The lowest BCUT2D eigenvalue weighted by atomic mass is 10.1. The molecule has 0 saturated heterocycles. The van der Waals surface area contributed by atoms with Crippen LogP contribution in [-0.2, 0) is 11.2 Å². The molecule has 4 nitrogen and oxygen atoms in total. The van der Waals surface area contributed by atoms with Crippen molar-refractivity contribution < 1.29 is 14.6 Å². The first-order valence-electron chi connectivity index (χ1n) is 7.13. The van der Waals surface area contributed by atoms with Crippen LogP contribution in [-0.4, -0.2) is 24.0 Å². The average Bonchev–Trinajstić information content (AvgIpc) is 2.56. The number of hydrogen-bond donors (Lipinski definition) is 2. The number of carbonyl (C=O) groups excluding carboxylic acids is 1. The Morgan fingerprint density at radius 1 is 1.26 bits per heavy atom. The number of alkyl halides is 1. The fourth-order valence-corrected chi connectivity index (χ4v) is 2.27. The Labute approximate surface area is 140 Å². The molecule has 0 fully saturated rings. The van der Waals surface area contributed by atoms with Gasteiger partial charge < -0.3 is 15.2 Å². The van der Waals surface area contributed by atoms with Crippen molar-refractivity contribution in [1.82, 2.24) is 0 Å². The van der Waals surface area contributed by atoms with E-state index in [4.69, 9.17) is 16.3 Å². The van der Waals surface area contributed by atoms with Crippen LogP contribution < -0.4 is 10.1 Å². The van der Waals surface area contributed by atoms with E-state index in [0.29, 0.717) is 18.0 Å². The third kappa shape index (κ3) is 5.04. The smallest absolute Gasteiger partial charge is 0.248 e. The van der Waals surface area contributed by atoms with Crippen LogP contribution in [0.15, 0.2) is 48.5 Å². The second kappa shape index (κ2) is 8.25. The minimum absolute atomic E-state index is 0.0951. The van der Waals surface area contributed by atoms with Crippen LogP contribution in [0.25, 0.3) is 6.08 Å². The van der Waals surface area contributed by atoms with E-state index in [0.717, 1.165) is 16.9 Å². The Morgan fingerprint density at radius 3 is 2.65 bits per heavy atom. The van der Waals surface area contributed by atoms with Crippen LogP contribution in [0.2, 0.25) is 0 Å². The van der Waals surface area contributed by atoms with E-state index in [1.165, 1.54) is 12.1 Å². The van der Waals surface area contributed by atoms with Gasteiger partial charge in [0.2, 0.25) is 5.91 Å². The standard InChI is InChI=1S/C18H18ClNO3/c1-23-16-7-2-13(3-8-16)4-9-18(22)20-17-12-15(21)6-5-14(17)10-11-19/h2-9,12,21H,10-11H2,1H3,(H,20,22)/b9-4+. The van der Waals surface area contributed by atoms with Gasteiger partial charge in [0.25, 0.3) is 0 Å². The molecule has 2 aromatic rings. The zero-order chi connectivity index (χ0) is 16.7. The largest absolute Gasteiger partial charge is 0.508 e. The molecular formula is C18H18ClNO3. The van der Waals surface area contributed by atoms with Crippen molar-refractivity contribution in [2.75, 3.05) is 18.3 Å². The van der Waals surface area contributed by atoms with Crippen molar-refractivity contribution in [3.63, 3.8) is 0 Å². The maximum Gasteiger partial charge on any atom is 0.248 e. The predicted octanol–water partition coefficient (Wildman–Crippen LogP) is 3.83. The number of ether oxygens (including phenoxy) is 1. The summed E-state index contributed by atoms with van der Waals surface area (Å²) in [4.78, 5) is 12.0. The number of carbonyl (C=O) groups is 1. The molecule has 0 aliphatic carbocycles. The molecule has 5 heteroatoms. The van der Waals surface area contributed by atoms with E-state index in [1.54, 1.807) is 25.3 Å². The number of aryl methyl sites for hydroxylation is 1. The molecule has 2 N–H and O–H groups in total. The molecule has 120 valence electrons. The number of benzene rings is 2. The van der Waals surface area contributed by atoms with Crippen LogP contribution in [0.5, 0.6) is 11.5 Å². The van der Waals surface area contributed by atoms with E-state index >= 15 is 0 Å². The minimum atomic E-state index is -0.276. The highest BCUT2D eigenvalue weighted by molar-refractivity contribution is 6.18. The lowest BCUT2D eigenvalue weighted by Gasteiger charge is -2.09. The average molecular weight is 332 g/mol. The number of rotatable bonds is 6. The number of hydrogen-bond acceptors (Lipinski definition) is 3. The molecule has 0 saturated carbocycles. The molecule has 2 aromatic carbocycles. The number of phenolic OH excluding ortho intramolecular Hbond substituents is 1. The molecule has 0 unspecified atom stereocenters. The minimum Gasteiger partial charge on any atom is -0.508 e. The summed E-state index contributed by atoms with van der Waals surface area (Å²) >= 11 is 5.75. The normalized spacial score (nSPS) is 10.7. The van der Waals surface area contributed by atoms with Crippen LogP contribution in [0, 0.1) is 0 Å². The summed E-state index contributed by atoms with van der Waals surface area (Å²) in [5.74, 6) is 1.02. The number of halogens is 1. The van der Waals surface area contributed by atoms with E-state index in [1.807, 2.05) is 24.3 Å². The number of anilines is 1. The van der Waals surface area contributed by atoms with Gasteiger partial charge in [0.05, 0.1) is 7.11 Å². The Hall–Kier alpha value is -2.46. The molecule has 0 spiro atoms. The summed E-state index contributed by atoms with van der Waals surface area (Å²) in [5.41, 5.74) is 2.33. The van der Waals surface area contributed by atoms with Gasteiger partial charge in [-0.05, 0) is 41.8 Å². The van der Waals surface area contributed by atoms with Gasteiger partial charge in [-0.15, -0.1) is 11.6 Å². The van der Waals surface area contributed by atoms with Crippen LogP contribution >= 0.6 is 11.6 Å². The van der Waals surface area contributed by atoms with Crippen molar-refractivity contribution in [2.45, 2.75) is 6.42 Å². The molecule has 0 atom stereocenters. The van der Waals surface area contributed by atoms with Gasteiger partial charge in [0.15, 0.2) is 0 Å². The quantitative estimate of drug-likeness (QED) is 0.624. The SMILES string of the molecule is COc1ccc(/C=C/C(=O)Nc2cc(O)ccc2CCCl)cc1. The molecule has 0 aliphatic rings. The second-order valence-corrected chi connectivity index (χ2v) is 5.25. The summed E-state index contributed by atoms with van der Waals surface area (Å²) in [6.07, 6.45) is 3.76. The van der Waals surface area contributed by atoms with Gasteiger partial charge in [0.1, 0.15) is 11.5 Å². The first kappa shape index (κ1) is 16.9. The number of methoxy groups -OCH3 is 1. The molecule has 0 bridgehead atoms. The third-order valence-electron chi connectivity index (χ3n) is 3.26. The first-order valence-corrected chi connectivity index (χ1v) is 7.67. The van der Waals surface area contributed by atoms with Crippen LogP contribution in [0.4, 0.5) is 5.69 Å². The summed E-state index contributed by atoms with van der Waals surface area (Å²) < 4.78 is 5.08. The topological polar surface area (TPSA) is 58.6 Å². The highest BCUT2D eigenvalue weighted by Gasteiger charge is 2.06. The fraction of sp³-hybridized carbons (Fsp3) is 0.167. The number of nitrogens with one attached hydrogen (secondary N) is 1. The van der Waals surface area contributed by atoms with E-state index in [-0.39, 0.29) is 11.7 Å². The molecule has 0 radical (unpaired) electrons. The third-order valence-corrected chi connectivity index (χ3v) is 3.45. The summed E-state index contributed by atoms with van der Waals surface area (Å²) in [7, 11) is 1.60. The summed E-state index contributed by atoms with van der Waals surface area (Å²) in [6.45, 7) is 0. The number of amides is 1. The van der Waals surface area contributed by atoms with Gasteiger partial charge in [0, 0.05) is 23.7 Å². The predicted molar refractivity (Wildman–Crippen MR) is 93.2 cm³/mol. The van der Waals surface area contributed by atoms with Gasteiger partial charge in [-0.25, -0.2) is 0 Å². The van der Waals surface area contributed by atoms with Crippen molar-refractivity contribution in [2.24, 2.45) is 0 Å². The van der Waals surface area contributed by atoms with Crippen molar-refractivity contribution >= 4 is 29.3 Å². The van der Waals surface area contributed by atoms with Gasteiger partial charge in [-0.1, -0.05) is 18.2 Å². The van der Waals surface area contributed by atoms with Gasteiger partial charge in [-0.3, -0.25) is 4.79 Å². The van der Waals surface area contributed by atoms with Gasteiger partial charge in [-0.2, -0.15) is 0 Å². The van der Waals surface area contributed by atoms with E-state index in [9.17, 15) is 9.90 Å². The molecule has 0 aliphatic heterocycles. The maximum atomic E-state index is 12.0. The monoisotopic (exact) mass is 331 g/mol. The van der Waals surface area contributed by atoms with E-state index < -0.39 is 0 Å². The van der Waals surface area contributed by atoms with Gasteiger partial charge >= 0.3 is 0 Å². The Bertz CT molecular complexity index is 696. The fourth-order valence-electron chi connectivity index (χ4n) is 2.06. The molecular weight excluding hydrogens is 314 g/mol. The van der Waals surface area contributed by atoms with Crippen molar-refractivity contribution in [1.29, 1.82) is 0 Å². The number of phenols is 1. The Morgan fingerprint density at radius 2 is 2.00 bits per heavy atom. The molecule has 1 amide bonds. The summed E-state index contributed by atoms with van der Waals surface area (Å²) in [5, 5.41) is 12.3. The van der Waals surface area contributed by atoms with E-state index in [2.05, 4.69) is 5.32 Å². The second-order valence-electron chi connectivity index (χ2n) is 4.88. The summed E-state index contributed by atoms with van der Waals surface area (Å²) in [6, 6.07) is 12.2. The zero-order valence-corrected chi connectivity index (χ0v) is 13.5. The molecule has 0 aromatic heterocycles. The lowest BCUT2D eigenvalue weighted by Crippen LogP contribution is -2.10. The molecule has 23 heavy (non-hydrogen) atoms. The number of aromatic hydroxyl groups is 1. The van der Waals surface area contributed by atoms with Crippen molar-refractivity contribution in [3.05, 3.63) is 59.7 Å². The molecule has 2 rings (SSSR count). The zero-order valence-electron chi connectivity index (χ0n) is 12.8. The van der Waals surface area contributed by atoms with Crippen LogP contribution in [0.1, 0.15) is 11.1 Å². The maximum absolute atomic E-state index is 12.0. The Balaban J connectivity index is 2.06. The van der Waals surface area contributed by atoms with Crippen molar-refractivity contribution in [3.8, 4) is 11.5 Å². The highest BCUT2D eigenvalue weighted by atomic mass is 35.5. The lowest BCUT2D eigenvalue weighted by molar-refractivity contribution is -0.111. The highest BCUT2D eigenvalue weighted by Crippen LogP contribution is 2.22. The molecule has 0 heterocycles. The van der Waals surface area contributed by atoms with Crippen LogP contribution in [0.3, 0.4) is 0 Å². The Kier molecular flexibility index (Phi) is 6.06.